The first-order valence-corrected chi connectivity index (χ1v) is 7.10. The van der Waals surface area contributed by atoms with Crippen LogP contribution in [-0.2, 0) is 16.6 Å². The van der Waals surface area contributed by atoms with Gasteiger partial charge in [0.2, 0.25) is 0 Å². The summed E-state index contributed by atoms with van der Waals surface area (Å²) in [6.07, 6.45) is 3.48. The molecule has 94 valence electrons. The minimum absolute atomic E-state index is 0.387. The summed E-state index contributed by atoms with van der Waals surface area (Å²) in [6.45, 7) is 1.95. The Morgan fingerprint density at radius 1 is 1.33 bits per heavy atom. The van der Waals surface area contributed by atoms with E-state index in [1.807, 2.05) is 13.0 Å². The van der Waals surface area contributed by atoms with Crippen LogP contribution in [0.15, 0.2) is 41.6 Å². The third kappa shape index (κ3) is 3.09. The molecule has 0 spiro atoms. The van der Waals surface area contributed by atoms with E-state index in [2.05, 4.69) is 4.98 Å². The van der Waals surface area contributed by atoms with Crippen molar-refractivity contribution in [3.8, 4) is 0 Å². The van der Waals surface area contributed by atoms with E-state index in [0.717, 1.165) is 11.1 Å². The smallest absolute Gasteiger partial charge is 0.0598 e. The molecule has 0 aliphatic carbocycles. The van der Waals surface area contributed by atoms with Gasteiger partial charge in [-0.05, 0) is 36.2 Å². The summed E-state index contributed by atoms with van der Waals surface area (Å²) in [6, 6.07) is 6.97. The fourth-order valence-corrected chi connectivity index (χ4v) is 3.16. The third-order valence-electron chi connectivity index (χ3n) is 2.43. The minimum atomic E-state index is -1.22. The van der Waals surface area contributed by atoms with Crippen LogP contribution in [0.4, 0.5) is 5.69 Å². The van der Waals surface area contributed by atoms with Crippen molar-refractivity contribution in [2.75, 3.05) is 5.73 Å². The van der Waals surface area contributed by atoms with E-state index in [4.69, 9.17) is 17.3 Å². The van der Waals surface area contributed by atoms with E-state index in [1.165, 1.54) is 0 Å². The zero-order valence-electron chi connectivity index (χ0n) is 9.89. The molecule has 2 rings (SSSR count). The van der Waals surface area contributed by atoms with E-state index in [0.29, 0.717) is 21.4 Å². The van der Waals surface area contributed by atoms with Gasteiger partial charge in [-0.3, -0.25) is 9.19 Å². The fourth-order valence-electron chi connectivity index (χ4n) is 1.62. The summed E-state index contributed by atoms with van der Waals surface area (Å²) in [5.74, 6) is 0.387. The van der Waals surface area contributed by atoms with Crippen molar-refractivity contribution in [1.29, 1.82) is 0 Å². The molecule has 3 nitrogen and oxygen atoms in total. The van der Waals surface area contributed by atoms with Crippen LogP contribution in [0.1, 0.15) is 11.1 Å². The molecule has 18 heavy (non-hydrogen) atoms. The molecule has 0 radical (unpaired) electrons. The van der Waals surface area contributed by atoms with Crippen LogP contribution in [0.5, 0.6) is 0 Å². The maximum Gasteiger partial charge on any atom is 0.0598 e. The Labute approximate surface area is 113 Å². The van der Waals surface area contributed by atoms with Gasteiger partial charge in [-0.25, -0.2) is 0 Å². The molecule has 2 aromatic rings. The highest BCUT2D eigenvalue weighted by Gasteiger charge is 2.10. The van der Waals surface area contributed by atoms with Gasteiger partial charge in [-0.15, -0.1) is 0 Å². The zero-order chi connectivity index (χ0) is 13.1. The van der Waals surface area contributed by atoms with Gasteiger partial charge in [-0.2, -0.15) is 0 Å². The van der Waals surface area contributed by atoms with Crippen molar-refractivity contribution in [2.45, 2.75) is 17.6 Å². The minimum Gasteiger partial charge on any atom is -0.399 e. The zero-order valence-corrected chi connectivity index (χ0v) is 11.5. The number of halogens is 1. The Morgan fingerprint density at radius 2 is 2.11 bits per heavy atom. The molecular formula is C13H13ClN2OS. The van der Waals surface area contributed by atoms with Crippen molar-refractivity contribution in [3.63, 3.8) is 0 Å². The molecule has 0 amide bonds. The van der Waals surface area contributed by atoms with E-state index in [1.54, 1.807) is 30.6 Å². The van der Waals surface area contributed by atoms with Gasteiger partial charge < -0.3 is 5.73 Å². The summed E-state index contributed by atoms with van der Waals surface area (Å²) in [7, 11) is -1.22. The van der Waals surface area contributed by atoms with Gasteiger partial charge in [0.05, 0.1) is 26.5 Å². The number of aromatic nitrogens is 1. The number of anilines is 1. The maximum absolute atomic E-state index is 12.2. The van der Waals surface area contributed by atoms with Crippen molar-refractivity contribution < 1.29 is 4.21 Å². The van der Waals surface area contributed by atoms with E-state index < -0.39 is 10.8 Å². The van der Waals surface area contributed by atoms with Gasteiger partial charge in [0.15, 0.2) is 0 Å². The van der Waals surface area contributed by atoms with Gasteiger partial charge in [-0.1, -0.05) is 17.7 Å². The highest BCUT2D eigenvalue weighted by atomic mass is 35.5. The van der Waals surface area contributed by atoms with Crippen LogP contribution in [0.25, 0.3) is 0 Å². The topological polar surface area (TPSA) is 56.0 Å². The predicted molar refractivity (Wildman–Crippen MR) is 75.0 cm³/mol. The highest BCUT2D eigenvalue weighted by molar-refractivity contribution is 7.84. The van der Waals surface area contributed by atoms with Gasteiger partial charge in [0, 0.05) is 18.1 Å². The number of hydrogen-bond acceptors (Lipinski definition) is 3. The lowest BCUT2D eigenvalue weighted by Gasteiger charge is -2.06. The number of nitrogens with zero attached hydrogens (tertiary/aromatic N) is 1. The van der Waals surface area contributed by atoms with Gasteiger partial charge in [0.1, 0.15) is 0 Å². The van der Waals surface area contributed by atoms with Crippen molar-refractivity contribution in [2.24, 2.45) is 0 Å². The highest BCUT2D eigenvalue weighted by Crippen LogP contribution is 2.24. The second kappa shape index (κ2) is 5.50. The Bertz CT molecular complexity index is 601. The average molecular weight is 281 g/mol. The molecule has 0 aliphatic heterocycles. The molecule has 1 unspecified atom stereocenters. The summed E-state index contributed by atoms with van der Waals surface area (Å²) in [5.41, 5.74) is 8.21. The SMILES string of the molecule is Cc1cncc(CS(=O)c2cc(N)ccc2Cl)c1. The second-order valence-corrected chi connectivity index (χ2v) is 5.88. The summed E-state index contributed by atoms with van der Waals surface area (Å²) >= 11 is 6.02. The van der Waals surface area contributed by atoms with Crippen LogP contribution >= 0.6 is 11.6 Å². The monoisotopic (exact) mass is 280 g/mol. The number of rotatable bonds is 3. The van der Waals surface area contributed by atoms with Gasteiger partial charge in [0.25, 0.3) is 0 Å². The standard InChI is InChI=1S/C13H13ClN2OS/c1-9-4-10(7-16-6-9)8-18(17)13-5-11(15)2-3-12(13)14/h2-7H,8,15H2,1H3. The second-order valence-electron chi connectivity index (χ2n) is 4.05. The first kappa shape index (κ1) is 13.1. The van der Waals surface area contributed by atoms with Gasteiger partial charge >= 0.3 is 0 Å². The number of aryl methyl sites for hydroxylation is 1. The molecule has 0 saturated heterocycles. The van der Waals surface area contributed by atoms with Crippen LogP contribution in [0.2, 0.25) is 5.02 Å². The maximum atomic E-state index is 12.2. The Balaban J connectivity index is 2.24. The normalized spacial score (nSPS) is 12.3. The van der Waals surface area contributed by atoms with E-state index >= 15 is 0 Å². The van der Waals surface area contributed by atoms with Crippen LogP contribution in [0, 0.1) is 6.92 Å². The Morgan fingerprint density at radius 3 is 2.83 bits per heavy atom. The molecule has 1 aromatic heterocycles. The first-order chi connectivity index (χ1) is 8.56. The summed E-state index contributed by atoms with van der Waals surface area (Å²) in [5, 5.41) is 0.475. The Hall–Kier alpha value is -1.39. The number of pyridine rings is 1. The van der Waals surface area contributed by atoms with Crippen LogP contribution < -0.4 is 5.73 Å². The van der Waals surface area contributed by atoms with E-state index in [-0.39, 0.29) is 0 Å². The summed E-state index contributed by atoms with van der Waals surface area (Å²) in [4.78, 5) is 4.65. The average Bonchev–Trinajstić information content (AvgIpc) is 2.32. The lowest BCUT2D eigenvalue weighted by molar-refractivity contribution is 0.682. The molecule has 0 bridgehead atoms. The molecule has 0 fully saturated rings. The number of nitrogens with two attached hydrogens (primary N) is 1. The van der Waals surface area contributed by atoms with Crippen LogP contribution in [-0.4, -0.2) is 9.19 Å². The molecular weight excluding hydrogens is 268 g/mol. The molecule has 1 atom stereocenters. The number of benzene rings is 1. The lowest BCUT2D eigenvalue weighted by Crippen LogP contribution is -1.99. The van der Waals surface area contributed by atoms with Crippen molar-refractivity contribution >= 4 is 28.1 Å². The number of nitrogen functional groups attached to an aromatic ring is 1. The predicted octanol–water partition coefficient (Wildman–Crippen LogP) is 2.93. The fraction of sp³-hybridized carbons (Fsp3) is 0.154. The quantitative estimate of drug-likeness (QED) is 0.880. The largest absolute Gasteiger partial charge is 0.399 e. The molecule has 0 aliphatic rings. The molecule has 1 aromatic carbocycles. The van der Waals surface area contributed by atoms with Crippen molar-refractivity contribution in [1.82, 2.24) is 4.98 Å². The lowest BCUT2D eigenvalue weighted by atomic mass is 10.2. The molecule has 5 heteroatoms. The Kier molecular flexibility index (Phi) is 3.99. The molecule has 1 heterocycles. The first-order valence-electron chi connectivity index (χ1n) is 5.40. The third-order valence-corrected chi connectivity index (χ3v) is 4.30. The molecule has 0 saturated carbocycles. The van der Waals surface area contributed by atoms with Crippen molar-refractivity contribution in [3.05, 3.63) is 52.8 Å². The van der Waals surface area contributed by atoms with E-state index in [9.17, 15) is 4.21 Å². The van der Waals surface area contributed by atoms with Crippen LogP contribution in [0.3, 0.4) is 0 Å². The molecule has 2 N–H and O–H groups in total. The number of hydrogen-bond donors (Lipinski definition) is 1. The summed E-state index contributed by atoms with van der Waals surface area (Å²) < 4.78 is 12.2.